The molecule has 0 aliphatic heterocycles. The van der Waals surface area contributed by atoms with Gasteiger partial charge >= 0.3 is 11.9 Å². The molecule has 4 heteroatoms. The maximum atomic E-state index is 11.6. The van der Waals surface area contributed by atoms with Crippen LogP contribution < -0.4 is 4.74 Å². The van der Waals surface area contributed by atoms with Crippen molar-refractivity contribution in [1.82, 2.24) is 0 Å². The van der Waals surface area contributed by atoms with Crippen LogP contribution in [-0.2, 0) is 20.7 Å². The average molecular weight is 264 g/mol. The Balaban J connectivity index is 2.37. The summed E-state index contributed by atoms with van der Waals surface area (Å²) in [4.78, 5) is 22.8. The lowest BCUT2D eigenvalue weighted by Gasteiger charge is -2.08. The van der Waals surface area contributed by atoms with Crippen LogP contribution in [0.3, 0.4) is 0 Å². The van der Waals surface area contributed by atoms with Crippen LogP contribution in [0.5, 0.6) is 5.75 Å². The Morgan fingerprint density at radius 3 is 2.42 bits per heavy atom. The van der Waals surface area contributed by atoms with Gasteiger partial charge in [0.25, 0.3) is 0 Å². The molecule has 0 unspecified atom stereocenters. The monoisotopic (exact) mass is 264 g/mol. The minimum Gasteiger partial charge on any atom is -0.466 e. The van der Waals surface area contributed by atoms with Crippen LogP contribution >= 0.6 is 0 Å². The van der Waals surface area contributed by atoms with Gasteiger partial charge in [-0.15, -0.1) is 0 Å². The Kier molecular flexibility index (Phi) is 6.64. The van der Waals surface area contributed by atoms with Crippen LogP contribution in [0.2, 0.25) is 0 Å². The van der Waals surface area contributed by atoms with Crippen molar-refractivity contribution in [2.45, 2.75) is 39.5 Å². The third-order valence-electron chi connectivity index (χ3n) is 2.64. The van der Waals surface area contributed by atoms with Gasteiger partial charge in [-0.05, 0) is 31.4 Å². The summed E-state index contributed by atoms with van der Waals surface area (Å²) >= 11 is 0. The molecule has 0 radical (unpaired) electrons. The van der Waals surface area contributed by atoms with Gasteiger partial charge in [-0.25, -0.2) is 0 Å². The molecule has 0 amide bonds. The highest BCUT2D eigenvalue weighted by atomic mass is 16.5. The molecule has 0 aliphatic rings. The summed E-state index contributed by atoms with van der Waals surface area (Å²) in [6, 6.07) is 7.46. The van der Waals surface area contributed by atoms with Crippen LogP contribution in [0, 0.1) is 0 Å². The molecular weight excluding hydrogens is 244 g/mol. The Morgan fingerprint density at radius 1 is 1.05 bits per heavy atom. The van der Waals surface area contributed by atoms with Gasteiger partial charge in [0.05, 0.1) is 6.61 Å². The summed E-state index contributed by atoms with van der Waals surface area (Å²) in [5.41, 5.74) is 1.00. The molecule has 0 atom stereocenters. The summed E-state index contributed by atoms with van der Waals surface area (Å²) in [6.45, 7) is 4.13. The first-order valence-corrected chi connectivity index (χ1v) is 6.61. The third kappa shape index (κ3) is 5.55. The maximum Gasteiger partial charge on any atom is 0.311 e. The highest BCUT2D eigenvalue weighted by molar-refractivity contribution is 5.74. The SMILES string of the molecule is CCOC(=O)CCCC(=O)Oc1ccccc1CC. The van der Waals surface area contributed by atoms with E-state index in [1.165, 1.54) is 0 Å². The van der Waals surface area contributed by atoms with E-state index in [0.29, 0.717) is 18.8 Å². The van der Waals surface area contributed by atoms with E-state index in [1.807, 2.05) is 25.1 Å². The molecule has 1 aromatic rings. The molecule has 0 aliphatic carbocycles. The first kappa shape index (κ1) is 15.2. The van der Waals surface area contributed by atoms with Crippen LogP contribution in [0.25, 0.3) is 0 Å². The second-order valence-electron chi connectivity index (χ2n) is 4.09. The van der Waals surface area contributed by atoms with Crippen LogP contribution in [-0.4, -0.2) is 18.5 Å². The van der Waals surface area contributed by atoms with Gasteiger partial charge in [0.15, 0.2) is 0 Å². The van der Waals surface area contributed by atoms with E-state index in [-0.39, 0.29) is 24.8 Å². The molecule has 0 saturated heterocycles. The van der Waals surface area contributed by atoms with E-state index in [2.05, 4.69) is 0 Å². The highest BCUT2D eigenvalue weighted by Crippen LogP contribution is 2.19. The molecule has 0 fully saturated rings. The second kappa shape index (κ2) is 8.29. The van der Waals surface area contributed by atoms with E-state index in [4.69, 9.17) is 9.47 Å². The second-order valence-corrected chi connectivity index (χ2v) is 4.09. The molecule has 0 heterocycles. The predicted molar refractivity (Wildman–Crippen MR) is 71.9 cm³/mol. The summed E-state index contributed by atoms with van der Waals surface area (Å²) in [6.07, 6.45) is 1.73. The number of ether oxygens (including phenoxy) is 2. The van der Waals surface area contributed by atoms with Gasteiger partial charge in [-0.2, -0.15) is 0 Å². The van der Waals surface area contributed by atoms with Crippen LogP contribution in [0.4, 0.5) is 0 Å². The zero-order valence-corrected chi connectivity index (χ0v) is 11.5. The molecule has 0 aromatic heterocycles. The van der Waals surface area contributed by atoms with Gasteiger partial charge in [0.2, 0.25) is 0 Å². The van der Waals surface area contributed by atoms with Gasteiger partial charge in [-0.3, -0.25) is 9.59 Å². The highest BCUT2D eigenvalue weighted by Gasteiger charge is 2.09. The third-order valence-corrected chi connectivity index (χ3v) is 2.64. The Labute approximate surface area is 113 Å². The fraction of sp³-hybridized carbons (Fsp3) is 0.467. The number of hydrogen-bond donors (Lipinski definition) is 0. The number of benzene rings is 1. The number of hydrogen-bond acceptors (Lipinski definition) is 4. The zero-order chi connectivity index (χ0) is 14.1. The van der Waals surface area contributed by atoms with Gasteiger partial charge in [0.1, 0.15) is 5.75 Å². The van der Waals surface area contributed by atoms with Crippen molar-refractivity contribution in [3.63, 3.8) is 0 Å². The smallest absolute Gasteiger partial charge is 0.311 e. The fourth-order valence-electron chi connectivity index (χ4n) is 1.68. The minimum absolute atomic E-state index is 0.219. The molecule has 104 valence electrons. The molecule has 4 nitrogen and oxygen atoms in total. The van der Waals surface area contributed by atoms with Crippen molar-refractivity contribution in [1.29, 1.82) is 0 Å². The van der Waals surface area contributed by atoms with Crippen molar-refractivity contribution in [3.8, 4) is 5.75 Å². The molecular formula is C15H20O4. The van der Waals surface area contributed by atoms with Gasteiger partial charge in [-0.1, -0.05) is 25.1 Å². The van der Waals surface area contributed by atoms with E-state index in [0.717, 1.165) is 12.0 Å². The number of esters is 2. The Hall–Kier alpha value is -1.84. The van der Waals surface area contributed by atoms with Crippen LogP contribution in [0.15, 0.2) is 24.3 Å². The number of para-hydroxylation sites is 1. The standard InChI is InChI=1S/C15H20O4/c1-3-12-8-5-6-9-13(12)19-15(17)11-7-10-14(16)18-4-2/h5-6,8-9H,3-4,7,10-11H2,1-2H3. The van der Waals surface area contributed by atoms with Crippen molar-refractivity contribution in [2.24, 2.45) is 0 Å². The van der Waals surface area contributed by atoms with E-state index >= 15 is 0 Å². The van der Waals surface area contributed by atoms with Crippen molar-refractivity contribution >= 4 is 11.9 Å². The Bertz CT molecular complexity index is 426. The molecule has 1 rings (SSSR count). The average Bonchev–Trinajstić information content (AvgIpc) is 2.39. The lowest BCUT2D eigenvalue weighted by molar-refractivity contribution is -0.143. The predicted octanol–water partition coefficient (Wildman–Crippen LogP) is 2.89. The van der Waals surface area contributed by atoms with Gasteiger partial charge in [0, 0.05) is 12.8 Å². The largest absolute Gasteiger partial charge is 0.466 e. The van der Waals surface area contributed by atoms with E-state index in [1.54, 1.807) is 13.0 Å². The Morgan fingerprint density at radius 2 is 1.74 bits per heavy atom. The quantitative estimate of drug-likeness (QED) is 0.561. The number of carbonyl (C=O) groups excluding carboxylic acids is 2. The topological polar surface area (TPSA) is 52.6 Å². The first-order chi connectivity index (χ1) is 9.17. The van der Waals surface area contributed by atoms with Crippen LogP contribution in [0.1, 0.15) is 38.7 Å². The number of rotatable bonds is 7. The summed E-state index contributed by atoms with van der Waals surface area (Å²) < 4.78 is 10.1. The number of aryl methyl sites for hydroxylation is 1. The maximum absolute atomic E-state index is 11.6. The van der Waals surface area contributed by atoms with Crippen molar-refractivity contribution in [2.75, 3.05) is 6.61 Å². The summed E-state index contributed by atoms with van der Waals surface area (Å²) in [7, 11) is 0. The van der Waals surface area contributed by atoms with Crippen molar-refractivity contribution < 1.29 is 19.1 Å². The van der Waals surface area contributed by atoms with E-state index in [9.17, 15) is 9.59 Å². The first-order valence-electron chi connectivity index (χ1n) is 6.61. The van der Waals surface area contributed by atoms with Gasteiger partial charge < -0.3 is 9.47 Å². The lowest BCUT2D eigenvalue weighted by atomic mass is 10.1. The molecule has 19 heavy (non-hydrogen) atoms. The van der Waals surface area contributed by atoms with E-state index < -0.39 is 0 Å². The molecule has 0 bridgehead atoms. The summed E-state index contributed by atoms with van der Waals surface area (Å²) in [5.74, 6) is 0.0144. The molecule has 0 N–H and O–H groups in total. The van der Waals surface area contributed by atoms with Crippen molar-refractivity contribution in [3.05, 3.63) is 29.8 Å². The fourth-order valence-corrected chi connectivity index (χ4v) is 1.68. The molecule has 1 aromatic carbocycles. The molecule has 0 spiro atoms. The summed E-state index contributed by atoms with van der Waals surface area (Å²) in [5, 5.41) is 0. The molecule has 0 saturated carbocycles. The number of carbonyl (C=O) groups is 2. The lowest BCUT2D eigenvalue weighted by Crippen LogP contribution is -2.11. The normalized spacial score (nSPS) is 10.0. The zero-order valence-electron chi connectivity index (χ0n) is 11.5. The minimum atomic E-state index is -0.315.